The first kappa shape index (κ1) is 22.7. The highest BCUT2D eigenvalue weighted by molar-refractivity contribution is 6.30. The molecule has 0 aromatic carbocycles. The molecule has 0 radical (unpaired) electrons. The first-order chi connectivity index (χ1) is 16.9. The van der Waals surface area contributed by atoms with Gasteiger partial charge in [-0.1, -0.05) is 23.2 Å². The van der Waals surface area contributed by atoms with Gasteiger partial charge < -0.3 is 5.21 Å². The lowest BCUT2D eigenvalue weighted by Gasteiger charge is -2.03. The summed E-state index contributed by atoms with van der Waals surface area (Å²) in [5.41, 5.74) is 6.32. The molecular weight excluding hydrogens is 487 g/mol. The molecular formula is C24H18Cl2N8O. The number of pyridine rings is 4. The molecule has 0 bridgehead atoms. The number of aromatic nitrogens is 8. The van der Waals surface area contributed by atoms with Crippen LogP contribution in [0.1, 0.15) is 0 Å². The second-order valence-electron chi connectivity index (χ2n) is 7.79. The number of hydrogen-bond acceptors (Lipinski definition) is 6. The van der Waals surface area contributed by atoms with E-state index in [4.69, 9.17) is 23.2 Å². The zero-order valence-corrected chi connectivity index (χ0v) is 20.2. The maximum atomic E-state index is 11.9. The van der Waals surface area contributed by atoms with Crippen LogP contribution in [0.4, 0.5) is 0 Å². The van der Waals surface area contributed by atoms with Crippen LogP contribution >= 0.6 is 23.2 Å². The minimum atomic E-state index is 0.367. The number of nitrogens with zero attached hydrogens (tertiary/aromatic N) is 8. The second-order valence-corrected chi connectivity index (χ2v) is 8.57. The first-order valence-corrected chi connectivity index (χ1v) is 11.2. The van der Waals surface area contributed by atoms with Crippen LogP contribution in [0, 0.1) is 5.21 Å². The Labute approximate surface area is 209 Å². The number of halogens is 2. The lowest BCUT2D eigenvalue weighted by atomic mass is 10.1. The summed E-state index contributed by atoms with van der Waals surface area (Å²) in [5, 5.41) is 21.0. The van der Waals surface area contributed by atoms with Gasteiger partial charge in [0.2, 0.25) is 5.52 Å². The molecule has 6 heterocycles. The summed E-state index contributed by atoms with van der Waals surface area (Å²) < 4.78 is 4.23. The topological polar surface area (TPSA) is 101 Å². The summed E-state index contributed by atoms with van der Waals surface area (Å²) >= 11 is 11.7. The zero-order valence-electron chi connectivity index (χ0n) is 18.7. The second kappa shape index (κ2) is 9.28. The van der Waals surface area contributed by atoms with Crippen LogP contribution < -0.4 is 4.73 Å². The minimum absolute atomic E-state index is 0.367. The molecule has 0 aliphatic heterocycles. The van der Waals surface area contributed by atoms with Gasteiger partial charge in [0.15, 0.2) is 6.20 Å². The third kappa shape index (κ3) is 4.91. The lowest BCUT2D eigenvalue weighted by Crippen LogP contribution is -2.26. The molecule has 0 unspecified atom stereocenters. The Morgan fingerprint density at radius 1 is 0.714 bits per heavy atom. The Kier molecular flexibility index (Phi) is 6.02. The van der Waals surface area contributed by atoms with Crippen molar-refractivity contribution in [3.05, 3.63) is 89.1 Å². The van der Waals surface area contributed by atoms with E-state index < -0.39 is 0 Å². The van der Waals surface area contributed by atoms with Crippen molar-refractivity contribution < 1.29 is 4.73 Å². The fraction of sp³-hybridized carbons (Fsp3) is 0.0833. The predicted molar refractivity (Wildman–Crippen MR) is 135 cm³/mol. The SMILES string of the molecule is Cn1cc(-c2cc3nc(Cl)ccc3[n+]([O-])c2)cn1.Cn1cc(-c2cnc3ccc(Cl)nc3c2)cn1. The van der Waals surface area contributed by atoms with Crippen molar-refractivity contribution >= 4 is 45.3 Å². The smallest absolute Gasteiger partial charge is 0.242 e. The molecule has 11 heteroatoms. The van der Waals surface area contributed by atoms with Crippen molar-refractivity contribution in [3.63, 3.8) is 0 Å². The van der Waals surface area contributed by atoms with E-state index >= 15 is 0 Å². The molecule has 9 nitrogen and oxygen atoms in total. The summed E-state index contributed by atoms with van der Waals surface area (Å²) in [5.74, 6) is 0. The van der Waals surface area contributed by atoms with Crippen molar-refractivity contribution in [2.45, 2.75) is 0 Å². The summed E-state index contributed by atoms with van der Waals surface area (Å²) in [4.78, 5) is 12.7. The van der Waals surface area contributed by atoms with E-state index in [1.807, 2.05) is 50.9 Å². The van der Waals surface area contributed by atoms with Crippen LogP contribution in [0.15, 0.2) is 73.6 Å². The minimum Gasteiger partial charge on any atom is -0.618 e. The molecule has 0 aliphatic carbocycles. The van der Waals surface area contributed by atoms with E-state index in [1.54, 1.807) is 40.0 Å². The quantitative estimate of drug-likeness (QED) is 0.194. The fourth-order valence-corrected chi connectivity index (χ4v) is 3.86. The first-order valence-electron chi connectivity index (χ1n) is 10.5. The zero-order chi connectivity index (χ0) is 24.5. The number of aryl methyl sites for hydroxylation is 2. The fourth-order valence-electron chi connectivity index (χ4n) is 3.55. The molecule has 0 saturated carbocycles. The monoisotopic (exact) mass is 504 g/mol. The van der Waals surface area contributed by atoms with Gasteiger partial charge in [-0.25, -0.2) is 9.97 Å². The molecule has 0 spiro atoms. The van der Waals surface area contributed by atoms with Gasteiger partial charge >= 0.3 is 0 Å². The van der Waals surface area contributed by atoms with Gasteiger partial charge in [0.25, 0.3) is 0 Å². The van der Waals surface area contributed by atoms with Crippen LogP contribution in [0.5, 0.6) is 0 Å². The molecule has 0 amide bonds. The van der Waals surface area contributed by atoms with E-state index in [2.05, 4.69) is 25.1 Å². The number of hydrogen-bond donors (Lipinski definition) is 0. The van der Waals surface area contributed by atoms with Crippen molar-refractivity contribution in [1.29, 1.82) is 0 Å². The summed E-state index contributed by atoms with van der Waals surface area (Å²) in [6.45, 7) is 0. The van der Waals surface area contributed by atoms with Crippen molar-refractivity contribution in [2.75, 3.05) is 0 Å². The van der Waals surface area contributed by atoms with E-state index in [9.17, 15) is 5.21 Å². The van der Waals surface area contributed by atoms with Gasteiger partial charge in [0.1, 0.15) is 15.8 Å². The molecule has 0 aliphatic rings. The Morgan fingerprint density at radius 3 is 1.97 bits per heavy atom. The molecule has 174 valence electrons. The maximum absolute atomic E-state index is 11.9. The number of fused-ring (bicyclic) bond motifs is 2. The van der Waals surface area contributed by atoms with Crippen LogP contribution in [0.25, 0.3) is 44.3 Å². The van der Waals surface area contributed by atoms with E-state index in [-0.39, 0.29) is 0 Å². The summed E-state index contributed by atoms with van der Waals surface area (Å²) in [6.07, 6.45) is 10.6. The average molecular weight is 505 g/mol. The molecule has 0 atom stereocenters. The van der Waals surface area contributed by atoms with Crippen molar-refractivity contribution in [2.24, 2.45) is 14.1 Å². The van der Waals surface area contributed by atoms with Crippen LogP contribution in [0.2, 0.25) is 10.3 Å². The molecule has 0 saturated heterocycles. The van der Waals surface area contributed by atoms with Gasteiger partial charge in [0, 0.05) is 55.4 Å². The lowest BCUT2D eigenvalue weighted by molar-refractivity contribution is -0.576. The number of rotatable bonds is 2. The van der Waals surface area contributed by atoms with Gasteiger partial charge in [-0.3, -0.25) is 14.3 Å². The van der Waals surface area contributed by atoms with Gasteiger partial charge in [-0.15, -0.1) is 0 Å². The van der Waals surface area contributed by atoms with E-state index in [1.165, 1.54) is 6.20 Å². The largest absolute Gasteiger partial charge is 0.618 e. The maximum Gasteiger partial charge on any atom is 0.242 e. The Morgan fingerprint density at radius 2 is 1.31 bits per heavy atom. The van der Waals surface area contributed by atoms with Crippen molar-refractivity contribution in [1.82, 2.24) is 34.5 Å². The average Bonchev–Trinajstić information content (AvgIpc) is 3.47. The van der Waals surface area contributed by atoms with Crippen LogP contribution in [-0.4, -0.2) is 34.5 Å². The van der Waals surface area contributed by atoms with Gasteiger partial charge in [-0.05, 0) is 30.3 Å². The molecule has 0 fully saturated rings. The molecule has 6 aromatic heterocycles. The van der Waals surface area contributed by atoms with Crippen LogP contribution in [-0.2, 0) is 14.1 Å². The Hall–Kier alpha value is -4.08. The molecule has 6 aromatic rings. The van der Waals surface area contributed by atoms with Crippen LogP contribution in [0.3, 0.4) is 0 Å². The summed E-state index contributed by atoms with van der Waals surface area (Å²) in [6, 6.07) is 10.6. The predicted octanol–water partition coefficient (Wildman–Crippen LogP) is 4.61. The highest BCUT2D eigenvalue weighted by atomic mass is 35.5. The van der Waals surface area contributed by atoms with E-state index in [0.29, 0.717) is 21.3 Å². The van der Waals surface area contributed by atoms with Crippen molar-refractivity contribution in [3.8, 4) is 22.3 Å². The Bertz CT molecular complexity index is 1680. The van der Waals surface area contributed by atoms with Gasteiger partial charge in [0.05, 0.1) is 29.0 Å². The Balaban J connectivity index is 0.000000145. The third-order valence-electron chi connectivity index (χ3n) is 5.23. The normalized spacial score (nSPS) is 11.0. The van der Waals surface area contributed by atoms with Gasteiger partial charge in [-0.2, -0.15) is 14.9 Å². The van der Waals surface area contributed by atoms with E-state index in [0.717, 1.165) is 38.0 Å². The highest BCUT2D eigenvalue weighted by Gasteiger charge is 2.11. The molecule has 6 rings (SSSR count). The molecule has 35 heavy (non-hydrogen) atoms. The third-order valence-corrected chi connectivity index (χ3v) is 5.66. The highest BCUT2D eigenvalue weighted by Crippen LogP contribution is 2.23. The molecule has 0 N–H and O–H groups in total. The standard InChI is InChI=1S/C12H9ClN4O.C12H9ClN4/c1-16-6-9(5-14-16)8-4-10-11(17(18)7-8)2-3-12(13)15-10;1-17-7-9(6-15-17)8-4-11-10(14-5-8)2-3-12(13)16-11/h2-7H,1H3;2-7H,1H3. The summed E-state index contributed by atoms with van der Waals surface area (Å²) in [7, 11) is 3.71.